The van der Waals surface area contributed by atoms with E-state index in [0.29, 0.717) is 17.9 Å². The van der Waals surface area contributed by atoms with Crippen molar-refractivity contribution in [3.63, 3.8) is 0 Å². The Morgan fingerprint density at radius 3 is 2.62 bits per heavy atom. The summed E-state index contributed by atoms with van der Waals surface area (Å²) in [5.74, 6) is 1.85. The Bertz CT molecular complexity index is 1240. The van der Waals surface area contributed by atoms with Gasteiger partial charge in [-0.2, -0.15) is 5.10 Å². The van der Waals surface area contributed by atoms with E-state index in [9.17, 15) is 4.79 Å². The first-order valence-electron chi connectivity index (χ1n) is 11.2. The monoisotopic (exact) mass is 458 g/mol. The smallest absolute Gasteiger partial charge is 0.337 e. The maximum Gasteiger partial charge on any atom is 0.337 e. The molecule has 0 aliphatic carbocycles. The van der Waals surface area contributed by atoms with E-state index in [-0.39, 0.29) is 12.0 Å². The predicted molar refractivity (Wildman–Crippen MR) is 127 cm³/mol. The van der Waals surface area contributed by atoms with Gasteiger partial charge in [0.25, 0.3) is 0 Å². The summed E-state index contributed by atoms with van der Waals surface area (Å²) >= 11 is 0. The number of hydrogen-bond donors (Lipinski definition) is 0. The first-order chi connectivity index (χ1) is 16.6. The molecule has 2 heterocycles. The highest BCUT2D eigenvalue weighted by atomic mass is 16.5. The number of hydrazone groups is 1. The van der Waals surface area contributed by atoms with Crippen molar-refractivity contribution >= 4 is 11.7 Å². The van der Waals surface area contributed by atoms with Gasteiger partial charge in [0.05, 0.1) is 38.1 Å². The summed E-state index contributed by atoms with van der Waals surface area (Å²) in [6.45, 7) is 2.50. The van der Waals surface area contributed by atoms with E-state index in [1.807, 2.05) is 60.5 Å². The van der Waals surface area contributed by atoms with Crippen molar-refractivity contribution < 1.29 is 23.7 Å². The highest BCUT2D eigenvalue weighted by Crippen LogP contribution is 2.50. The summed E-state index contributed by atoms with van der Waals surface area (Å²) in [7, 11) is 3.03. The highest BCUT2D eigenvalue weighted by Gasteiger charge is 2.42. The van der Waals surface area contributed by atoms with Gasteiger partial charge in [0.15, 0.2) is 11.5 Å². The molecular formula is C27H26N2O5. The summed E-state index contributed by atoms with van der Waals surface area (Å²) in [6.07, 6.45) is 0.240. The molecule has 0 N–H and O–H groups in total. The van der Waals surface area contributed by atoms with Crippen LogP contribution in [0.1, 0.15) is 52.7 Å². The number of para-hydroxylation sites is 1. The van der Waals surface area contributed by atoms with Crippen LogP contribution in [0, 0.1) is 0 Å². The zero-order valence-corrected chi connectivity index (χ0v) is 19.4. The lowest BCUT2D eigenvalue weighted by molar-refractivity contribution is -0.0212. The Balaban J connectivity index is 1.57. The quantitative estimate of drug-likeness (QED) is 0.478. The third kappa shape index (κ3) is 3.83. The second-order valence-electron chi connectivity index (χ2n) is 8.07. The molecule has 3 aromatic rings. The van der Waals surface area contributed by atoms with E-state index in [0.717, 1.165) is 40.3 Å². The molecule has 34 heavy (non-hydrogen) atoms. The topological polar surface area (TPSA) is 69.6 Å². The molecule has 0 spiro atoms. The molecule has 0 fully saturated rings. The molecule has 0 bridgehead atoms. The molecule has 174 valence electrons. The summed E-state index contributed by atoms with van der Waals surface area (Å²) in [5.41, 5.74) is 4.37. The summed E-state index contributed by atoms with van der Waals surface area (Å²) in [6, 6.07) is 21.1. The van der Waals surface area contributed by atoms with Crippen molar-refractivity contribution in [1.29, 1.82) is 0 Å². The fourth-order valence-electron chi connectivity index (χ4n) is 4.45. The van der Waals surface area contributed by atoms with E-state index in [2.05, 4.69) is 6.07 Å². The molecule has 3 aromatic carbocycles. The van der Waals surface area contributed by atoms with Crippen molar-refractivity contribution in [3.05, 3.63) is 89.0 Å². The first kappa shape index (κ1) is 21.8. The number of benzene rings is 3. The van der Waals surface area contributed by atoms with Crippen molar-refractivity contribution in [2.45, 2.75) is 25.6 Å². The van der Waals surface area contributed by atoms with Gasteiger partial charge < -0.3 is 18.9 Å². The number of fused-ring (bicyclic) bond motifs is 3. The van der Waals surface area contributed by atoms with Crippen LogP contribution in [0.15, 0.2) is 71.8 Å². The predicted octanol–water partition coefficient (Wildman–Crippen LogP) is 5.12. The molecule has 7 heteroatoms. The van der Waals surface area contributed by atoms with Gasteiger partial charge in [0.2, 0.25) is 6.23 Å². The number of hydrogen-bond acceptors (Lipinski definition) is 7. The van der Waals surface area contributed by atoms with Crippen molar-refractivity contribution in [2.24, 2.45) is 5.10 Å². The lowest BCUT2D eigenvalue weighted by atomic mass is 9.95. The summed E-state index contributed by atoms with van der Waals surface area (Å²) in [4.78, 5) is 11.9. The normalized spacial score (nSPS) is 18.3. The van der Waals surface area contributed by atoms with Gasteiger partial charge >= 0.3 is 5.97 Å². The number of carbonyl (C=O) groups excluding carboxylic acids is 1. The van der Waals surface area contributed by atoms with E-state index in [1.165, 1.54) is 7.11 Å². The lowest BCUT2D eigenvalue weighted by Gasteiger charge is -2.38. The largest absolute Gasteiger partial charge is 0.497 e. The molecule has 0 amide bonds. The Labute approximate surface area is 198 Å². The van der Waals surface area contributed by atoms with Gasteiger partial charge in [-0.1, -0.05) is 36.4 Å². The third-order valence-corrected chi connectivity index (χ3v) is 6.10. The van der Waals surface area contributed by atoms with E-state index < -0.39 is 6.23 Å². The average molecular weight is 459 g/mol. The Hall–Kier alpha value is -4.00. The molecule has 5 rings (SSSR count). The Morgan fingerprint density at radius 2 is 1.88 bits per heavy atom. The molecule has 2 unspecified atom stereocenters. The molecule has 0 saturated carbocycles. The molecular weight excluding hydrogens is 432 g/mol. The number of esters is 1. The fraction of sp³-hybridized carbons (Fsp3) is 0.259. The van der Waals surface area contributed by atoms with Crippen LogP contribution in [0.2, 0.25) is 0 Å². The van der Waals surface area contributed by atoms with Crippen molar-refractivity contribution in [3.8, 4) is 17.2 Å². The van der Waals surface area contributed by atoms with Crippen LogP contribution >= 0.6 is 0 Å². The third-order valence-electron chi connectivity index (χ3n) is 6.10. The molecule has 2 aliphatic rings. The summed E-state index contributed by atoms with van der Waals surface area (Å²) in [5, 5.41) is 7.00. The number of nitrogens with zero attached hydrogens (tertiary/aromatic N) is 2. The van der Waals surface area contributed by atoms with Gasteiger partial charge in [-0.15, -0.1) is 0 Å². The number of carbonyl (C=O) groups is 1. The van der Waals surface area contributed by atoms with E-state index in [4.69, 9.17) is 24.0 Å². The van der Waals surface area contributed by atoms with Gasteiger partial charge in [0, 0.05) is 23.1 Å². The summed E-state index contributed by atoms with van der Waals surface area (Å²) < 4.78 is 22.7. The minimum atomic E-state index is -0.478. The number of ether oxygens (including phenoxy) is 4. The zero-order chi connectivity index (χ0) is 23.7. The Kier molecular flexibility index (Phi) is 5.84. The van der Waals surface area contributed by atoms with Crippen LogP contribution < -0.4 is 14.2 Å². The average Bonchev–Trinajstić information content (AvgIpc) is 3.34. The van der Waals surface area contributed by atoms with Crippen molar-refractivity contribution in [2.75, 3.05) is 20.8 Å². The number of rotatable bonds is 6. The second-order valence-corrected chi connectivity index (χ2v) is 8.07. The molecule has 0 radical (unpaired) electrons. The lowest BCUT2D eigenvalue weighted by Crippen LogP contribution is -2.34. The number of methoxy groups -OCH3 is 2. The molecule has 0 aromatic heterocycles. The van der Waals surface area contributed by atoms with Crippen LogP contribution in [0.4, 0.5) is 0 Å². The molecule has 2 aliphatic heterocycles. The minimum absolute atomic E-state index is 0.0179. The van der Waals surface area contributed by atoms with E-state index in [1.54, 1.807) is 19.2 Å². The van der Waals surface area contributed by atoms with Crippen LogP contribution in [0.25, 0.3) is 0 Å². The second kappa shape index (κ2) is 9.09. The first-order valence-corrected chi connectivity index (χ1v) is 11.2. The van der Waals surface area contributed by atoms with Crippen LogP contribution in [0.5, 0.6) is 17.2 Å². The highest BCUT2D eigenvalue weighted by molar-refractivity contribution is 6.02. The molecule has 0 saturated heterocycles. The van der Waals surface area contributed by atoms with Gasteiger partial charge in [-0.25, -0.2) is 9.80 Å². The fourth-order valence-corrected chi connectivity index (χ4v) is 4.45. The minimum Gasteiger partial charge on any atom is -0.497 e. The standard InChI is InChI=1S/C27H26N2O5/c1-4-33-24-10-6-9-21-23-16-22(19-7-5-8-20(15-19)31-2)28-29(23)26(34-25(21)24)17-11-13-18(14-12-17)27(30)32-3/h5-15,23,26H,4,16H2,1-3H3. The van der Waals surface area contributed by atoms with E-state index >= 15 is 0 Å². The maximum absolute atomic E-state index is 11.9. The molecule has 7 nitrogen and oxygen atoms in total. The maximum atomic E-state index is 11.9. The van der Waals surface area contributed by atoms with Gasteiger partial charge in [-0.05, 0) is 37.3 Å². The SMILES string of the molecule is CCOc1cccc2c1OC(c1ccc(C(=O)OC)cc1)N1N=C(c3cccc(OC)c3)CC21. The van der Waals surface area contributed by atoms with Crippen LogP contribution in [-0.4, -0.2) is 37.5 Å². The van der Waals surface area contributed by atoms with Gasteiger partial charge in [0.1, 0.15) is 5.75 Å². The molecule has 2 atom stereocenters. The van der Waals surface area contributed by atoms with Gasteiger partial charge in [-0.3, -0.25) is 0 Å². The zero-order valence-electron chi connectivity index (χ0n) is 19.4. The van der Waals surface area contributed by atoms with Crippen LogP contribution in [-0.2, 0) is 4.74 Å². The van der Waals surface area contributed by atoms with Crippen LogP contribution in [0.3, 0.4) is 0 Å². The van der Waals surface area contributed by atoms with Crippen molar-refractivity contribution in [1.82, 2.24) is 5.01 Å². The Morgan fingerprint density at radius 1 is 1.09 bits per heavy atom.